The first-order chi connectivity index (χ1) is 14.3. The molecule has 0 aromatic carbocycles. The minimum atomic E-state index is -1.47. The summed E-state index contributed by atoms with van der Waals surface area (Å²) in [6, 6.07) is -4.83. The Morgan fingerprint density at radius 1 is 0.903 bits per heavy atom. The number of rotatable bonds is 14. The molecule has 12 nitrogen and oxygen atoms in total. The van der Waals surface area contributed by atoms with Crippen LogP contribution in [0, 0.1) is 11.8 Å². The molecule has 0 bridgehead atoms. The number of nitrogens with one attached hydrogen (secondary N) is 3. The third kappa shape index (κ3) is 9.75. The molecule has 31 heavy (non-hydrogen) atoms. The third-order valence-corrected chi connectivity index (χ3v) is 4.93. The van der Waals surface area contributed by atoms with Crippen molar-refractivity contribution in [2.24, 2.45) is 23.3 Å². The van der Waals surface area contributed by atoms with Gasteiger partial charge in [0.1, 0.15) is 18.1 Å². The van der Waals surface area contributed by atoms with Crippen molar-refractivity contribution in [2.75, 3.05) is 6.61 Å². The van der Waals surface area contributed by atoms with Gasteiger partial charge in [0.15, 0.2) is 0 Å². The molecular formula is C19H35N5O7. The summed E-state index contributed by atoms with van der Waals surface area (Å²) in [6.07, 6.45) is 0.104. The van der Waals surface area contributed by atoms with E-state index in [4.69, 9.17) is 11.5 Å². The molecule has 0 radical (unpaired) electrons. The van der Waals surface area contributed by atoms with Gasteiger partial charge in [0.25, 0.3) is 0 Å². The van der Waals surface area contributed by atoms with E-state index in [1.165, 1.54) is 0 Å². The van der Waals surface area contributed by atoms with Gasteiger partial charge in [-0.3, -0.25) is 19.2 Å². The van der Waals surface area contributed by atoms with E-state index in [0.717, 1.165) is 0 Å². The monoisotopic (exact) mass is 445 g/mol. The van der Waals surface area contributed by atoms with Crippen molar-refractivity contribution in [3.63, 3.8) is 0 Å². The lowest BCUT2D eigenvalue weighted by molar-refractivity contribution is -0.144. The minimum Gasteiger partial charge on any atom is -0.480 e. The van der Waals surface area contributed by atoms with Gasteiger partial charge in [-0.15, -0.1) is 0 Å². The summed E-state index contributed by atoms with van der Waals surface area (Å²) in [5.41, 5.74) is 10.9. The van der Waals surface area contributed by atoms with Gasteiger partial charge in [-0.1, -0.05) is 34.1 Å². The predicted molar refractivity (Wildman–Crippen MR) is 111 cm³/mol. The molecule has 0 heterocycles. The molecule has 0 aromatic rings. The summed E-state index contributed by atoms with van der Waals surface area (Å²) >= 11 is 0. The zero-order chi connectivity index (χ0) is 24.3. The molecule has 0 rings (SSSR count). The zero-order valence-electron chi connectivity index (χ0n) is 18.4. The Labute approximate surface area is 181 Å². The van der Waals surface area contributed by atoms with E-state index >= 15 is 0 Å². The van der Waals surface area contributed by atoms with Crippen molar-refractivity contribution in [1.82, 2.24) is 16.0 Å². The molecule has 0 aliphatic rings. The van der Waals surface area contributed by atoms with Crippen LogP contribution in [0.3, 0.4) is 0 Å². The normalized spacial score (nSPS) is 15.8. The van der Waals surface area contributed by atoms with Crippen LogP contribution >= 0.6 is 0 Å². The second-order valence-corrected chi connectivity index (χ2v) is 7.79. The van der Waals surface area contributed by atoms with Crippen molar-refractivity contribution < 1.29 is 34.2 Å². The molecule has 4 amide bonds. The number of carboxylic acids is 1. The largest absolute Gasteiger partial charge is 0.480 e. The maximum absolute atomic E-state index is 12.6. The Morgan fingerprint density at radius 3 is 1.84 bits per heavy atom. The van der Waals surface area contributed by atoms with Crippen LogP contribution in [0.1, 0.15) is 47.0 Å². The maximum atomic E-state index is 12.6. The molecule has 0 aromatic heterocycles. The number of hydrogen-bond acceptors (Lipinski definition) is 7. The van der Waals surface area contributed by atoms with Gasteiger partial charge in [-0.05, 0) is 18.3 Å². The highest BCUT2D eigenvalue weighted by atomic mass is 16.4. The first-order valence-electron chi connectivity index (χ1n) is 10.1. The molecule has 0 aliphatic carbocycles. The van der Waals surface area contributed by atoms with Crippen molar-refractivity contribution in [3.8, 4) is 0 Å². The van der Waals surface area contributed by atoms with Gasteiger partial charge in [0.2, 0.25) is 23.6 Å². The number of aliphatic carboxylic acids is 1. The van der Waals surface area contributed by atoms with Crippen molar-refractivity contribution in [2.45, 2.75) is 71.1 Å². The molecule has 0 saturated carbocycles. The van der Waals surface area contributed by atoms with Crippen LogP contribution in [-0.2, 0) is 24.0 Å². The number of amides is 4. The van der Waals surface area contributed by atoms with Gasteiger partial charge in [-0.25, -0.2) is 4.79 Å². The number of carbonyl (C=O) groups is 5. The number of hydrogen-bond donors (Lipinski definition) is 7. The van der Waals surface area contributed by atoms with Crippen LogP contribution in [0.2, 0.25) is 0 Å². The van der Waals surface area contributed by atoms with Gasteiger partial charge >= 0.3 is 5.97 Å². The standard InChI is InChI=1S/C19H35N5O7/c1-5-10(4)15(19(30)31)24-17(28)12(8-25)23-16(27)11(6-7-13(20)26)22-18(29)14(21)9(2)3/h9-12,14-15,25H,5-8,21H2,1-4H3,(H2,20,26)(H,22,29)(H,23,27)(H,24,28)(H,30,31). The molecule has 5 atom stereocenters. The van der Waals surface area contributed by atoms with E-state index in [9.17, 15) is 34.2 Å². The minimum absolute atomic E-state index is 0.151. The highest BCUT2D eigenvalue weighted by molar-refractivity contribution is 5.94. The molecule has 0 spiro atoms. The number of carbonyl (C=O) groups excluding carboxylic acids is 4. The van der Waals surface area contributed by atoms with Gasteiger partial charge in [0.05, 0.1) is 12.6 Å². The number of primary amides is 1. The Morgan fingerprint density at radius 2 is 1.42 bits per heavy atom. The smallest absolute Gasteiger partial charge is 0.326 e. The molecular weight excluding hydrogens is 410 g/mol. The third-order valence-electron chi connectivity index (χ3n) is 4.93. The maximum Gasteiger partial charge on any atom is 0.326 e. The molecule has 0 fully saturated rings. The topological polar surface area (TPSA) is 214 Å². The van der Waals surface area contributed by atoms with E-state index in [2.05, 4.69) is 16.0 Å². The van der Waals surface area contributed by atoms with Crippen molar-refractivity contribution in [1.29, 1.82) is 0 Å². The Bertz CT molecular complexity index is 656. The van der Waals surface area contributed by atoms with E-state index in [0.29, 0.717) is 6.42 Å². The highest BCUT2D eigenvalue weighted by Gasteiger charge is 2.32. The van der Waals surface area contributed by atoms with E-state index in [-0.39, 0.29) is 18.8 Å². The van der Waals surface area contributed by atoms with Gasteiger partial charge < -0.3 is 37.6 Å². The van der Waals surface area contributed by atoms with E-state index in [1.54, 1.807) is 27.7 Å². The van der Waals surface area contributed by atoms with E-state index < -0.39 is 66.3 Å². The van der Waals surface area contributed by atoms with Crippen LogP contribution < -0.4 is 27.4 Å². The summed E-state index contributed by atoms with van der Waals surface area (Å²) < 4.78 is 0. The highest BCUT2D eigenvalue weighted by Crippen LogP contribution is 2.08. The molecule has 5 unspecified atom stereocenters. The summed E-state index contributed by atoms with van der Waals surface area (Å²) in [7, 11) is 0. The zero-order valence-corrected chi connectivity index (χ0v) is 18.4. The molecule has 178 valence electrons. The molecule has 0 saturated heterocycles. The molecule has 12 heteroatoms. The van der Waals surface area contributed by atoms with Crippen molar-refractivity contribution >= 4 is 29.6 Å². The lowest BCUT2D eigenvalue weighted by Crippen LogP contribution is -2.59. The molecule has 0 aliphatic heterocycles. The van der Waals surface area contributed by atoms with Crippen LogP contribution in [0.4, 0.5) is 0 Å². The fourth-order valence-corrected chi connectivity index (χ4v) is 2.53. The Balaban J connectivity index is 5.35. The fourth-order valence-electron chi connectivity index (χ4n) is 2.53. The average molecular weight is 446 g/mol. The summed E-state index contributed by atoms with van der Waals surface area (Å²) in [4.78, 5) is 59.8. The second kappa shape index (κ2) is 13.5. The first-order valence-corrected chi connectivity index (χ1v) is 10.1. The summed E-state index contributed by atoms with van der Waals surface area (Å²) in [5, 5.41) is 25.8. The predicted octanol–water partition coefficient (Wildman–Crippen LogP) is -2.19. The van der Waals surface area contributed by atoms with Crippen LogP contribution in [0.25, 0.3) is 0 Å². The number of nitrogens with two attached hydrogens (primary N) is 2. The first kappa shape index (κ1) is 28.3. The summed E-state index contributed by atoms with van der Waals surface area (Å²) in [6.45, 7) is 6.01. The number of carboxylic acid groups (broad SMARTS) is 1. The average Bonchev–Trinajstić information content (AvgIpc) is 2.70. The lowest BCUT2D eigenvalue weighted by Gasteiger charge is -2.26. The van der Waals surface area contributed by atoms with Gasteiger partial charge in [-0.2, -0.15) is 0 Å². The lowest BCUT2D eigenvalue weighted by atomic mass is 9.99. The van der Waals surface area contributed by atoms with Crippen molar-refractivity contribution in [3.05, 3.63) is 0 Å². The van der Waals surface area contributed by atoms with Crippen LogP contribution in [0.5, 0.6) is 0 Å². The SMILES string of the molecule is CCC(C)C(NC(=O)C(CO)NC(=O)C(CCC(N)=O)NC(=O)C(N)C(C)C)C(=O)O. The van der Waals surface area contributed by atoms with Crippen LogP contribution in [-0.4, -0.2) is 70.6 Å². The van der Waals surface area contributed by atoms with E-state index in [1.807, 2.05) is 0 Å². The quantitative estimate of drug-likeness (QED) is 0.155. The Kier molecular flexibility index (Phi) is 12.4. The number of aliphatic hydroxyl groups is 1. The second-order valence-electron chi connectivity index (χ2n) is 7.79. The van der Waals surface area contributed by atoms with Crippen LogP contribution in [0.15, 0.2) is 0 Å². The fraction of sp³-hybridized carbons (Fsp3) is 0.737. The van der Waals surface area contributed by atoms with Gasteiger partial charge in [0, 0.05) is 6.42 Å². The molecule has 9 N–H and O–H groups in total. The Hall–Kier alpha value is -2.73. The summed E-state index contributed by atoms with van der Waals surface area (Å²) in [5.74, 6) is -4.94. The number of aliphatic hydroxyl groups excluding tert-OH is 1.